The average molecular weight is 562 g/mol. The van der Waals surface area contributed by atoms with Crippen LogP contribution in [0.4, 0.5) is 5.69 Å². The number of rotatable bonds is 6. The SMILES string of the molecule is CCc1ccccc1N1C(N)=C(C#N)C(c2cc(C)cc(CSc3ccccc3C)c2C)C2=C1CC(C)(C)CC2=O. The van der Waals surface area contributed by atoms with Crippen LogP contribution in [0.3, 0.4) is 0 Å². The molecule has 3 aromatic carbocycles. The zero-order valence-electron chi connectivity index (χ0n) is 25.0. The summed E-state index contributed by atoms with van der Waals surface area (Å²) in [7, 11) is 0. The maximum absolute atomic E-state index is 14.1. The number of anilines is 1. The fourth-order valence-electron chi connectivity index (χ4n) is 6.41. The van der Waals surface area contributed by atoms with Gasteiger partial charge in [-0.2, -0.15) is 5.26 Å². The fourth-order valence-corrected chi connectivity index (χ4v) is 7.49. The Hall–Kier alpha value is -3.75. The number of nitrogens with two attached hydrogens (primary N) is 1. The van der Waals surface area contributed by atoms with E-state index in [9.17, 15) is 10.1 Å². The molecule has 0 spiro atoms. The standard InChI is InChI=1S/C36H39N3OS/c1-7-25-13-9-10-14-29(25)39-30-18-36(5,6)19-31(40)34(30)33(28(20-37)35(39)38)27-17-22(2)16-26(24(27)4)21-41-32-15-11-8-12-23(32)3/h8-17,33H,7,18-19,21,38H2,1-6H3. The lowest BCUT2D eigenvalue weighted by Crippen LogP contribution is -2.42. The summed E-state index contributed by atoms with van der Waals surface area (Å²) in [5.41, 5.74) is 16.7. The van der Waals surface area contributed by atoms with E-state index in [1.165, 1.54) is 16.0 Å². The van der Waals surface area contributed by atoms with Crippen molar-refractivity contribution in [2.75, 3.05) is 4.90 Å². The largest absolute Gasteiger partial charge is 0.384 e. The molecule has 0 radical (unpaired) electrons. The first kappa shape index (κ1) is 28.8. The molecule has 2 N–H and O–H groups in total. The molecular weight excluding hydrogens is 522 g/mol. The van der Waals surface area contributed by atoms with Gasteiger partial charge in [-0.1, -0.05) is 74.9 Å². The van der Waals surface area contributed by atoms with Gasteiger partial charge in [0.2, 0.25) is 0 Å². The molecule has 1 atom stereocenters. The van der Waals surface area contributed by atoms with Crippen LogP contribution in [-0.2, 0) is 17.0 Å². The summed E-state index contributed by atoms with van der Waals surface area (Å²) in [4.78, 5) is 17.4. The molecule has 1 aliphatic carbocycles. The monoisotopic (exact) mass is 561 g/mol. The number of hydrogen-bond donors (Lipinski definition) is 1. The van der Waals surface area contributed by atoms with E-state index in [1.807, 2.05) is 28.8 Å². The minimum Gasteiger partial charge on any atom is -0.384 e. The molecule has 0 fully saturated rings. The molecule has 2 aliphatic rings. The van der Waals surface area contributed by atoms with E-state index >= 15 is 0 Å². The molecule has 210 valence electrons. The van der Waals surface area contributed by atoms with Crippen LogP contribution in [0.5, 0.6) is 0 Å². The van der Waals surface area contributed by atoms with Gasteiger partial charge in [0, 0.05) is 28.3 Å². The Labute approximate surface area is 249 Å². The Bertz CT molecular complexity index is 1640. The molecule has 1 heterocycles. The average Bonchev–Trinajstić information content (AvgIpc) is 2.93. The number of carbonyl (C=O) groups is 1. The molecule has 0 saturated carbocycles. The number of nitrogens with zero attached hydrogens (tertiary/aromatic N) is 2. The molecule has 5 heteroatoms. The third kappa shape index (κ3) is 5.34. The fraction of sp³-hybridized carbons (Fsp3) is 0.333. The van der Waals surface area contributed by atoms with Gasteiger partial charge in [-0.3, -0.25) is 9.69 Å². The molecular formula is C36H39N3OS. The van der Waals surface area contributed by atoms with Crippen molar-refractivity contribution >= 4 is 23.2 Å². The van der Waals surface area contributed by atoms with Crippen molar-refractivity contribution in [1.29, 1.82) is 5.26 Å². The van der Waals surface area contributed by atoms with Crippen LogP contribution in [0.25, 0.3) is 0 Å². The van der Waals surface area contributed by atoms with Crippen LogP contribution < -0.4 is 10.6 Å². The molecule has 0 aromatic heterocycles. The highest BCUT2D eigenvalue weighted by molar-refractivity contribution is 7.98. The van der Waals surface area contributed by atoms with Gasteiger partial charge in [0.15, 0.2) is 5.78 Å². The van der Waals surface area contributed by atoms with Gasteiger partial charge in [-0.15, -0.1) is 11.8 Å². The number of benzene rings is 3. The highest BCUT2D eigenvalue weighted by atomic mass is 32.2. The second-order valence-corrected chi connectivity index (χ2v) is 13.2. The van der Waals surface area contributed by atoms with E-state index < -0.39 is 5.92 Å². The number of aryl methyl sites for hydroxylation is 3. The molecule has 0 amide bonds. The number of carbonyl (C=O) groups excluding carboxylic acids is 1. The predicted octanol–water partition coefficient (Wildman–Crippen LogP) is 8.41. The predicted molar refractivity (Wildman–Crippen MR) is 170 cm³/mol. The topological polar surface area (TPSA) is 70.1 Å². The summed E-state index contributed by atoms with van der Waals surface area (Å²) in [5.74, 6) is 0.865. The van der Waals surface area contributed by atoms with E-state index in [-0.39, 0.29) is 11.2 Å². The van der Waals surface area contributed by atoms with Crippen molar-refractivity contribution in [1.82, 2.24) is 0 Å². The molecule has 3 aromatic rings. The summed E-state index contributed by atoms with van der Waals surface area (Å²) in [6.07, 6.45) is 1.98. The molecule has 4 nitrogen and oxygen atoms in total. The van der Waals surface area contributed by atoms with E-state index in [4.69, 9.17) is 5.73 Å². The highest BCUT2D eigenvalue weighted by Crippen LogP contribution is 2.51. The lowest BCUT2D eigenvalue weighted by atomic mass is 9.67. The Balaban J connectivity index is 1.70. The molecule has 5 rings (SSSR count). The third-order valence-corrected chi connectivity index (χ3v) is 9.71. The van der Waals surface area contributed by atoms with Crippen molar-refractivity contribution in [3.05, 3.63) is 117 Å². The van der Waals surface area contributed by atoms with Gasteiger partial charge in [-0.05, 0) is 79.0 Å². The number of thioether (sulfide) groups is 1. The van der Waals surface area contributed by atoms with Gasteiger partial charge < -0.3 is 5.73 Å². The van der Waals surface area contributed by atoms with Crippen LogP contribution in [0, 0.1) is 37.5 Å². The molecule has 0 bridgehead atoms. The maximum atomic E-state index is 14.1. The smallest absolute Gasteiger partial charge is 0.162 e. The van der Waals surface area contributed by atoms with Gasteiger partial charge in [0.05, 0.1) is 23.2 Å². The Morgan fingerprint density at radius 3 is 2.44 bits per heavy atom. The molecule has 0 saturated heterocycles. The first-order valence-electron chi connectivity index (χ1n) is 14.4. The number of ketones is 1. The van der Waals surface area contributed by atoms with Gasteiger partial charge >= 0.3 is 0 Å². The Morgan fingerprint density at radius 1 is 1.02 bits per heavy atom. The summed E-state index contributed by atoms with van der Waals surface area (Å²) < 4.78 is 0. The van der Waals surface area contributed by atoms with Crippen LogP contribution in [0.2, 0.25) is 0 Å². The summed E-state index contributed by atoms with van der Waals surface area (Å²) in [6.45, 7) is 12.8. The minimum atomic E-state index is -0.481. The zero-order valence-corrected chi connectivity index (χ0v) is 25.8. The van der Waals surface area contributed by atoms with Crippen LogP contribution in [0.15, 0.2) is 88.2 Å². The molecule has 1 unspecified atom stereocenters. The second kappa shape index (κ2) is 11.3. The zero-order chi connectivity index (χ0) is 29.5. The lowest BCUT2D eigenvalue weighted by Gasteiger charge is -2.44. The number of Topliss-reactive ketones (excluding diaryl/α,β-unsaturated/α-hetero) is 1. The van der Waals surface area contributed by atoms with Crippen molar-refractivity contribution in [2.24, 2.45) is 11.1 Å². The van der Waals surface area contributed by atoms with Crippen LogP contribution in [-0.4, -0.2) is 5.78 Å². The third-order valence-electron chi connectivity index (χ3n) is 8.48. The second-order valence-electron chi connectivity index (χ2n) is 12.2. The van der Waals surface area contributed by atoms with Crippen LogP contribution in [0.1, 0.15) is 72.9 Å². The first-order valence-corrected chi connectivity index (χ1v) is 15.4. The maximum Gasteiger partial charge on any atom is 0.162 e. The van der Waals surface area contributed by atoms with Gasteiger partial charge in [0.25, 0.3) is 0 Å². The molecule has 1 aliphatic heterocycles. The van der Waals surface area contributed by atoms with Crippen molar-refractivity contribution in [3.8, 4) is 6.07 Å². The summed E-state index contributed by atoms with van der Waals surface area (Å²) in [6, 6.07) is 23.5. The highest BCUT2D eigenvalue weighted by Gasteiger charge is 2.45. The molecule has 41 heavy (non-hydrogen) atoms. The van der Waals surface area contributed by atoms with Crippen molar-refractivity contribution in [3.63, 3.8) is 0 Å². The number of hydrogen-bond acceptors (Lipinski definition) is 5. The van der Waals surface area contributed by atoms with E-state index in [0.717, 1.165) is 51.4 Å². The normalized spacial score (nSPS) is 18.4. The lowest BCUT2D eigenvalue weighted by molar-refractivity contribution is -0.118. The number of allylic oxidation sites excluding steroid dienone is 3. The van der Waals surface area contributed by atoms with E-state index in [1.54, 1.807) is 0 Å². The minimum absolute atomic E-state index is 0.109. The quantitative estimate of drug-likeness (QED) is 0.306. The van der Waals surface area contributed by atoms with Crippen molar-refractivity contribution in [2.45, 2.75) is 77.4 Å². The van der Waals surface area contributed by atoms with Crippen LogP contribution >= 0.6 is 11.8 Å². The first-order chi connectivity index (χ1) is 19.6. The van der Waals surface area contributed by atoms with E-state index in [2.05, 4.69) is 96.1 Å². The number of nitriles is 1. The summed E-state index contributed by atoms with van der Waals surface area (Å²) >= 11 is 1.82. The summed E-state index contributed by atoms with van der Waals surface area (Å²) in [5, 5.41) is 10.6. The van der Waals surface area contributed by atoms with Crippen molar-refractivity contribution < 1.29 is 4.79 Å². The Kier molecular flexibility index (Phi) is 7.90. The van der Waals surface area contributed by atoms with Gasteiger partial charge in [-0.25, -0.2) is 0 Å². The van der Waals surface area contributed by atoms with E-state index in [0.29, 0.717) is 24.2 Å². The number of para-hydroxylation sites is 1. The Morgan fingerprint density at radius 2 is 1.73 bits per heavy atom. The van der Waals surface area contributed by atoms with Gasteiger partial charge in [0.1, 0.15) is 5.82 Å².